The summed E-state index contributed by atoms with van der Waals surface area (Å²) in [6.07, 6.45) is 0. The van der Waals surface area contributed by atoms with Crippen LogP contribution in [0, 0.1) is 0 Å². The number of carbonyl (C=O) groups excluding carboxylic acids is 2. The number of likely N-dealkylation sites (N-methyl/N-ethyl adjacent to an activating group) is 1. The zero-order chi connectivity index (χ0) is 18.5. The van der Waals surface area contributed by atoms with Crippen LogP contribution in [0.1, 0.15) is 29.8 Å². The summed E-state index contributed by atoms with van der Waals surface area (Å²) in [6, 6.07) is 13.9. The van der Waals surface area contributed by atoms with E-state index in [0.717, 1.165) is 5.56 Å². The quantitative estimate of drug-likeness (QED) is 0.866. The summed E-state index contributed by atoms with van der Waals surface area (Å²) in [6.45, 7) is 4.82. The van der Waals surface area contributed by atoms with E-state index in [4.69, 9.17) is 9.47 Å². The van der Waals surface area contributed by atoms with E-state index in [1.807, 2.05) is 31.2 Å². The minimum Gasteiger partial charge on any atom is -0.454 e. The van der Waals surface area contributed by atoms with Crippen LogP contribution in [0.25, 0.3) is 0 Å². The maximum absolute atomic E-state index is 12.7. The number of amides is 2. The van der Waals surface area contributed by atoms with Crippen molar-refractivity contribution in [3.63, 3.8) is 0 Å². The molecule has 3 rings (SSSR count). The molecule has 2 amide bonds. The molecule has 6 nitrogen and oxygen atoms in total. The molecule has 0 saturated carbocycles. The maximum atomic E-state index is 12.7. The predicted octanol–water partition coefficient (Wildman–Crippen LogP) is 2.58. The SMILES string of the molecule is CCN(Cc1ccc2c(c1)OCO2)C(=O)C(C)NC(=O)c1ccccc1. The highest BCUT2D eigenvalue weighted by molar-refractivity contribution is 5.97. The summed E-state index contributed by atoms with van der Waals surface area (Å²) < 4.78 is 10.7. The second-order valence-electron chi connectivity index (χ2n) is 6.10. The third kappa shape index (κ3) is 3.96. The van der Waals surface area contributed by atoms with E-state index >= 15 is 0 Å². The van der Waals surface area contributed by atoms with Crippen molar-refractivity contribution in [2.45, 2.75) is 26.4 Å². The molecule has 0 spiro atoms. The molecule has 1 heterocycles. The molecule has 0 fully saturated rings. The van der Waals surface area contributed by atoms with Crippen molar-refractivity contribution in [3.05, 3.63) is 59.7 Å². The van der Waals surface area contributed by atoms with Crippen molar-refractivity contribution in [1.29, 1.82) is 0 Å². The van der Waals surface area contributed by atoms with Crippen LogP contribution in [-0.4, -0.2) is 36.1 Å². The lowest BCUT2D eigenvalue weighted by Crippen LogP contribution is -2.46. The molecule has 6 heteroatoms. The molecule has 1 N–H and O–H groups in total. The summed E-state index contributed by atoms with van der Waals surface area (Å²) in [4.78, 5) is 26.7. The Morgan fingerprint density at radius 2 is 1.85 bits per heavy atom. The van der Waals surface area contributed by atoms with Gasteiger partial charge in [0.25, 0.3) is 5.91 Å². The number of benzene rings is 2. The van der Waals surface area contributed by atoms with Gasteiger partial charge >= 0.3 is 0 Å². The highest BCUT2D eigenvalue weighted by atomic mass is 16.7. The van der Waals surface area contributed by atoms with Gasteiger partial charge in [-0.1, -0.05) is 24.3 Å². The summed E-state index contributed by atoms with van der Waals surface area (Å²) in [5.74, 6) is 1.02. The summed E-state index contributed by atoms with van der Waals surface area (Å²) in [5, 5.41) is 2.76. The largest absolute Gasteiger partial charge is 0.454 e. The Morgan fingerprint density at radius 3 is 2.58 bits per heavy atom. The molecule has 0 aliphatic carbocycles. The second-order valence-corrected chi connectivity index (χ2v) is 6.10. The Balaban J connectivity index is 1.63. The summed E-state index contributed by atoms with van der Waals surface area (Å²) in [5.41, 5.74) is 1.48. The van der Waals surface area contributed by atoms with E-state index in [1.54, 1.807) is 36.1 Å². The first-order valence-corrected chi connectivity index (χ1v) is 8.61. The fourth-order valence-electron chi connectivity index (χ4n) is 2.81. The van der Waals surface area contributed by atoms with Crippen molar-refractivity contribution >= 4 is 11.8 Å². The van der Waals surface area contributed by atoms with Gasteiger partial charge in [-0.3, -0.25) is 9.59 Å². The molecule has 136 valence electrons. The fourth-order valence-corrected chi connectivity index (χ4v) is 2.81. The van der Waals surface area contributed by atoms with Crippen molar-refractivity contribution in [3.8, 4) is 11.5 Å². The molecule has 1 aliphatic rings. The Hall–Kier alpha value is -3.02. The van der Waals surface area contributed by atoms with Crippen molar-refractivity contribution in [2.75, 3.05) is 13.3 Å². The molecule has 0 radical (unpaired) electrons. The predicted molar refractivity (Wildman–Crippen MR) is 97.0 cm³/mol. The van der Waals surface area contributed by atoms with Gasteiger partial charge < -0.3 is 19.7 Å². The van der Waals surface area contributed by atoms with Gasteiger partial charge in [0.15, 0.2) is 11.5 Å². The van der Waals surface area contributed by atoms with E-state index in [9.17, 15) is 9.59 Å². The van der Waals surface area contributed by atoms with Gasteiger partial charge in [-0.2, -0.15) is 0 Å². The molecule has 0 aromatic heterocycles. The average molecular weight is 354 g/mol. The molecular weight excluding hydrogens is 332 g/mol. The van der Waals surface area contributed by atoms with E-state index in [2.05, 4.69) is 5.32 Å². The Bertz CT molecular complexity index is 792. The number of nitrogens with zero attached hydrogens (tertiary/aromatic N) is 1. The zero-order valence-corrected chi connectivity index (χ0v) is 14.9. The minimum atomic E-state index is -0.614. The normalized spacial score (nSPS) is 13.2. The fraction of sp³-hybridized carbons (Fsp3) is 0.300. The molecule has 0 bridgehead atoms. The van der Waals surface area contributed by atoms with Crippen LogP contribution in [-0.2, 0) is 11.3 Å². The topological polar surface area (TPSA) is 67.9 Å². The van der Waals surface area contributed by atoms with E-state index in [-0.39, 0.29) is 18.6 Å². The lowest BCUT2D eigenvalue weighted by molar-refractivity contribution is -0.133. The standard InChI is InChI=1S/C20H22N2O4/c1-3-22(12-15-9-10-17-18(11-15)26-13-25-17)20(24)14(2)21-19(23)16-7-5-4-6-8-16/h4-11,14H,3,12-13H2,1-2H3,(H,21,23). The maximum Gasteiger partial charge on any atom is 0.251 e. The number of ether oxygens (including phenoxy) is 2. The number of hydrogen-bond donors (Lipinski definition) is 1. The number of fused-ring (bicyclic) bond motifs is 1. The average Bonchev–Trinajstić information content (AvgIpc) is 3.14. The molecule has 1 unspecified atom stereocenters. The van der Waals surface area contributed by atoms with Gasteiger partial charge in [-0.05, 0) is 43.7 Å². The molecule has 1 atom stereocenters. The zero-order valence-electron chi connectivity index (χ0n) is 14.9. The van der Waals surface area contributed by atoms with Crippen LogP contribution in [0.5, 0.6) is 11.5 Å². The molecule has 2 aromatic rings. The van der Waals surface area contributed by atoms with Gasteiger partial charge in [0.05, 0.1) is 0 Å². The van der Waals surface area contributed by atoms with Crippen LogP contribution in [0.4, 0.5) is 0 Å². The number of rotatable bonds is 6. The van der Waals surface area contributed by atoms with Crippen molar-refractivity contribution < 1.29 is 19.1 Å². The number of nitrogens with one attached hydrogen (secondary N) is 1. The second kappa shape index (κ2) is 7.91. The monoisotopic (exact) mass is 354 g/mol. The molecular formula is C20H22N2O4. The highest BCUT2D eigenvalue weighted by Crippen LogP contribution is 2.32. The highest BCUT2D eigenvalue weighted by Gasteiger charge is 2.22. The minimum absolute atomic E-state index is 0.130. The van der Waals surface area contributed by atoms with Crippen LogP contribution in [0.3, 0.4) is 0 Å². The number of carbonyl (C=O) groups is 2. The van der Waals surface area contributed by atoms with Crippen LogP contribution < -0.4 is 14.8 Å². The van der Waals surface area contributed by atoms with Crippen LogP contribution in [0.15, 0.2) is 48.5 Å². The first-order valence-electron chi connectivity index (χ1n) is 8.61. The van der Waals surface area contributed by atoms with Crippen LogP contribution in [0.2, 0.25) is 0 Å². The van der Waals surface area contributed by atoms with E-state index in [1.165, 1.54) is 0 Å². The third-order valence-electron chi connectivity index (χ3n) is 4.26. The summed E-state index contributed by atoms with van der Waals surface area (Å²) >= 11 is 0. The molecule has 26 heavy (non-hydrogen) atoms. The Labute approximate surface area is 152 Å². The van der Waals surface area contributed by atoms with Gasteiger partial charge in [0, 0.05) is 18.7 Å². The van der Waals surface area contributed by atoms with E-state index < -0.39 is 6.04 Å². The van der Waals surface area contributed by atoms with Crippen LogP contribution >= 0.6 is 0 Å². The Morgan fingerprint density at radius 1 is 1.12 bits per heavy atom. The van der Waals surface area contributed by atoms with Crippen molar-refractivity contribution in [2.24, 2.45) is 0 Å². The van der Waals surface area contributed by atoms with E-state index in [0.29, 0.717) is 30.2 Å². The van der Waals surface area contributed by atoms with Crippen molar-refractivity contribution in [1.82, 2.24) is 10.2 Å². The first kappa shape index (κ1) is 17.8. The Kier molecular flexibility index (Phi) is 5.41. The lowest BCUT2D eigenvalue weighted by Gasteiger charge is -2.25. The first-order chi connectivity index (χ1) is 12.6. The van der Waals surface area contributed by atoms with Gasteiger partial charge in [-0.15, -0.1) is 0 Å². The molecule has 0 saturated heterocycles. The molecule has 2 aromatic carbocycles. The van der Waals surface area contributed by atoms with Gasteiger partial charge in [0.1, 0.15) is 6.04 Å². The summed E-state index contributed by atoms with van der Waals surface area (Å²) in [7, 11) is 0. The molecule has 1 aliphatic heterocycles. The smallest absolute Gasteiger partial charge is 0.251 e. The third-order valence-corrected chi connectivity index (χ3v) is 4.26. The van der Waals surface area contributed by atoms with Gasteiger partial charge in [0.2, 0.25) is 12.7 Å². The lowest BCUT2D eigenvalue weighted by atomic mass is 10.1. The van der Waals surface area contributed by atoms with Gasteiger partial charge in [-0.25, -0.2) is 0 Å². The number of hydrogen-bond acceptors (Lipinski definition) is 4.